The van der Waals surface area contributed by atoms with E-state index in [0.717, 1.165) is 34.4 Å². The lowest BCUT2D eigenvalue weighted by Gasteiger charge is -1.97. The van der Waals surface area contributed by atoms with Gasteiger partial charge in [-0.15, -0.1) is 11.3 Å². The van der Waals surface area contributed by atoms with Crippen LogP contribution >= 0.6 is 11.3 Å². The number of nitrogens with zero attached hydrogens (tertiary/aromatic N) is 3. The number of thiazole rings is 1. The zero-order valence-corrected chi connectivity index (χ0v) is 10.6. The van der Waals surface area contributed by atoms with Crippen molar-refractivity contribution in [3.63, 3.8) is 0 Å². The molecule has 17 heavy (non-hydrogen) atoms. The van der Waals surface area contributed by atoms with Gasteiger partial charge in [0.25, 0.3) is 5.89 Å². The second-order valence-electron chi connectivity index (χ2n) is 4.16. The highest BCUT2D eigenvalue weighted by Crippen LogP contribution is 2.28. The molecule has 3 rings (SSSR count). The van der Waals surface area contributed by atoms with Crippen molar-refractivity contribution in [1.29, 1.82) is 0 Å². The van der Waals surface area contributed by atoms with Gasteiger partial charge in [0.05, 0.1) is 11.6 Å². The van der Waals surface area contributed by atoms with Gasteiger partial charge in [0.15, 0.2) is 5.82 Å². The Balaban J connectivity index is 1.91. The highest BCUT2D eigenvalue weighted by molar-refractivity contribution is 7.11. The predicted octanol–water partition coefficient (Wildman–Crippen LogP) is 2.31. The van der Waals surface area contributed by atoms with E-state index >= 15 is 0 Å². The normalized spacial score (nSPS) is 20.0. The molecular weight excluding hydrogens is 238 g/mol. The molecule has 0 saturated carbocycles. The van der Waals surface area contributed by atoms with Gasteiger partial charge in [0, 0.05) is 17.4 Å². The molecule has 5 nitrogen and oxygen atoms in total. The molecule has 1 aliphatic heterocycles. The maximum Gasteiger partial charge on any atom is 0.277 e. The van der Waals surface area contributed by atoms with Crippen molar-refractivity contribution in [3.8, 4) is 11.6 Å². The van der Waals surface area contributed by atoms with Crippen LogP contribution in [0.1, 0.15) is 28.0 Å². The van der Waals surface area contributed by atoms with Gasteiger partial charge in [-0.1, -0.05) is 5.16 Å². The molecule has 6 heteroatoms. The van der Waals surface area contributed by atoms with Gasteiger partial charge in [-0.3, -0.25) is 0 Å². The molecule has 0 amide bonds. The van der Waals surface area contributed by atoms with Crippen LogP contribution in [0.2, 0.25) is 0 Å². The highest BCUT2D eigenvalue weighted by Gasteiger charge is 2.24. The molecule has 1 atom stereocenters. The fourth-order valence-electron chi connectivity index (χ4n) is 1.96. The first-order chi connectivity index (χ1) is 8.24. The summed E-state index contributed by atoms with van der Waals surface area (Å²) in [6.45, 7) is 5.46. The lowest BCUT2D eigenvalue weighted by Crippen LogP contribution is -1.99. The van der Waals surface area contributed by atoms with Gasteiger partial charge < -0.3 is 9.26 Å². The van der Waals surface area contributed by atoms with Gasteiger partial charge in [-0.2, -0.15) is 4.98 Å². The van der Waals surface area contributed by atoms with E-state index in [4.69, 9.17) is 9.26 Å². The SMILES string of the molecule is Cc1nc(-c2nc([C@@H]3CCOC3)no2)c(C)s1. The third-order valence-electron chi connectivity index (χ3n) is 2.84. The first-order valence-corrected chi connectivity index (χ1v) is 6.41. The Hall–Kier alpha value is -1.27. The van der Waals surface area contributed by atoms with E-state index in [9.17, 15) is 0 Å². The van der Waals surface area contributed by atoms with Gasteiger partial charge in [-0.25, -0.2) is 4.98 Å². The summed E-state index contributed by atoms with van der Waals surface area (Å²) in [7, 11) is 0. The Morgan fingerprint density at radius 1 is 1.29 bits per heavy atom. The van der Waals surface area contributed by atoms with Crippen molar-refractivity contribution in [2.45, 2.75) is 26.2 Å². The van der Waals surface area contributed by atoms with Crippen molar-refractivity contribution in [3.05, 3.63) is 15.7 Å². The zero-order valence-electron chi connectivity index (χ0n) is 9.77. The molecular formula is C11H13N3O2S. The van der Waals surface area contributed by atoms with Crippen LogP contribution in [-0.2, 0) is 4.74 Å². The largest absolute Gasteiger partial charge is 0.381 e. The first kappa shape index (κ1) is 10.9. The average molecular weight is 251 g/mol. The monoisotopic (exact) mass is 251 g/mol. The summed E-state index contributed by atoms with van der Waals surface area (Å²) >= 11 is 1.64. The maximum atomic E-state index is 5.32. The molecule has 1 saturated heterocycles. The van der Waals surface area contributed by atoms with E-state index in [1.165, 1.54) is 0 Å². The Bertz CT molecular complexity index is 529. The van der Waals surface area contributed by atoms with E-state index in [1.807, 2.05) is 13.8 Å². The Morgan fingerprint density at radius 2 is 2.18 bits per heavy atom. The average Bonchev–Trinajstić information content (AvgIpc) is 2.97. The smallest absolute Gasteiger partial charge is 0.277 e. The molecule has 0 bridgehead atoms. The van der Waals surface area contributed by atoms with Gasteiger partial charge in [0.2, 0.25) is 0 Å². The quantitative estimate of drug-likeness (QED) is 0.819. The summed E-state index contributed by atoms with van der Waals surface area (Å²) in [6.07, 6.45) is 0.966. The fourth-order valence-corrected chi connectivity index (χ4v) is 2.77. The summed E-state index contributed by atoms with van der Waals surface area (Å²) in [4.78, 5) is 9.95. The number of aromatic nitrogens is 3. The molecule has 0 N–H and O–H groups in total. The topological polar surface area (TPSA) is 61.0 Å². The van der Waals surface area contributed by atoms with E-state index < -0.39 is 0 Å². The third-order valence-corrected chi connectivity index (χ3v) is 3.73. The van der Waals surface area contributed by atoms with Crippen molar-refractivity contribution >= 4 is 11.3 Å². The van der Waals surface area contributed by atoms with E-state index in [2.05, 4.69) is 15.1 Å². The fraction of sp³-hybridized carbons (Fsp3) is 0.545. The summed E-state index contributed by atoms with van der Waals surface area (Å²) < 4.78 is 10.6. The van der Waals surface area contributed by atoms with Crippen LogP contribution in [0.4, 0.5) is 0 Å². The van der Waals surface area contributed by atoms with Gasteiger partial charge in [-0.05, 0) is 20.3 Å². The summed E-state index contributed by atoms with van der Waals surface area (Å²) in [5.74, 6) is 1.53. The maximum absolute atomic E-state index is 5.32. The zero-order chi connectivity index (χ0) is 11.8. The molecule has 2 aromatic rings. The van der Waals surface area contributed by atoms with Gasteiger partial charge >= 0.3 is 0 Å². The Kier molecular flexibility index (Phi) is 2.68. The standard InChI is InChI=1S/C11H13N3O2S/c1-6-9(12-7(2)17-6)11-13-10(14-16-11)8-3-4-15-5-8/h8H,3-5H2,1-2H3/t8-/m1/s1. The van der Waals surface area contributed by atoms with Crippen LogP contribution in [-0.4, -0.2) is 28.3 Å². The van der Waals surface area contributed by atoms with Crippen LogP contribution in [0.5, 0.6) is 0 Å². The minimum Gasteiger partial charge on any atom is -0.381 e. The minimum atomic E-state index is 0.271. The van der Waals surface area contributed by atoms with Gasteiger partial charge in [0.1, 0.15) is 5.69 Å². The molecule has 1 fully saturated rings. The second kappa shape index (κ2) is 4.19. The van der Waals surface area contributed by atoms with Crippen molar-refractivity contribution < 1.29 is 9.26 Å². The molecule has 1 aliphatic rings. The second-order valence-corrected chi connectivity index (χ2v) is 5.56. The van der Waals surface area contributed by atoms with Crippen LogP contribution in [0.3, 0.4) is 0 Å². The summed E-state index contributed by atoms with van der Waals surface area (Å²) in [6, 6.07) is 0. The predicted molar refractivity (Wildman–Crippen MR) is 63.1 cm³/mol. The first-order valence-electron chi connectivity index (χ1n) is 5.60. The molecule has 0 aromatic carbocycles. The minimum absolute atomic E-state index is 0.271. The number of hydrogen-bond acceptors (Lipinski definition) is 6. The number of aryl methyl sites for hydroxylation is 2. The van der Waals surface area contributed by atoms with Crippen LogP contribution in [0.25, 0.3) is 11.6 Å². The van der Waals surface area contributed by atoms with Crippen LogP contribution in [0, 0.1) is 13.8 Å². The Morgan fingerprint density at radius 3 is 2.82 bits per heavy atom. The molecule has 0 radical (unpaired) electrons. The highest BCUT2D eigenvalue weighted by atomic mass is 32.1. The number of rotatable bonds is 2. The van der Waals surface area contributed by atoms with E-state index in [1.54, 1.807) is 11.3 Å². The molecule has 90 valence electrons. The van der Waals surface area contributed by atoms with Crippen molar-refractivity contribution in [1.82, 2.24) is 15.1 Å². The number of hydrogen-bond donors (Lipinski definition) is 0. The molecule has 0 unspecified atom stereocenters. The lowest BCUT2D eigenvalue weighted by molar-refractivity contribution is 0.192. The Labute approximate surface area is 103 Å². The lowest BCUT2D eigenvalue weighted by atomic mass is 10.1. The van der Waals surface area contributed by atoms with E-state index in [-0.39, 0.29) is 5.92 Å². The molecule has 3 heterocycles. The molecule has 0 aliphatic carbocycles. The summed E-state index contributed by atoms with van der Waals surface area (Å²) in [5.41, 5.74) is 0.810. The number of ether oxygens (including phenoxy) is 1. The van der Waals surface area contributed by atoms with Crippen LogP contribution < -0.4 is 0 Å². The molecule has 0 spiro atoms. The van der Waals surface area contributed by atoms with Crippen LogP contribution in [0.15, 0.2) is 4.52 Å². The summed E-state index contributed by atoms with van der Waals surface area (Å²) in [5, 5.41) is 5.04. The third kappa shape index (κ3) is 1.98. The van der Waals surface area contributed by atoms with E-state index in [0.29, 0.717) is 12.5 Å². The van der Waals surface area contributed by atoms with Crippen molar-refractivity contribution in [2.24, 2.45) is 0 Å². The molecule has 2 aromatic heterocycles. The van der Waals surface area contributed by atoms with Crippen molar-refractivity contribution in [2.75, 3.05) is 13.2 Å².